The molecule has 1 amide bonds. The third-order valence-electron chi connectivity index (χ3n) is 6.01. The van der Waals surface area contributed by atoms with E-state index in [4.69, 9.17) is 0 Å². The molecule has 2 heterocycles. The second-order valence-corrected chi connectivity index (χ2v) is 10.9. The Morgan fingerprint density at radius 2 is 1.84 bits per heavy atom. The van der Waals surface area contributed by atoms with Gasteiger partial charge in [0.1, 0.15) is 0 Å². The minimum atomic E-state index is -3.65. The van der Waals surface area contributed by atoms with E-state index in [1.807, 2.05) is 33.3 Å². The summed E-state index contributed by atoms with van der Waals surface area (Å²) in [5.41, 5.74) is 2.37. The lowest BCUT2D eigenvalue weighted by Gasteiger charge is -2.26. The quantitative estimate of drug-likeness (QED) is 0.567. The van der Waals surface area contributed by atoms with Crippen molar-refractivity contribution in [1.29, 1.82) is 0 Å². The maximum Gasteiger partial charge on any atom is 0.253 e. The first kappa shape index (κ1) is 24.7. The highest BCUT2D eigenvalue weighted by Crippen LogP contribution is 2.29. The molecule has 1 aliphatic heterocycles. The van der Waals surface area contributed by atoms with Crippen molar-refractivity contribution in [2.75, 3.05) is 51.7 Å². The largest absolute Gasteiger partial charge is 0.371 e. The fraction of sp³-hybridized carbons (Fsp3) is 0.522. The van der Waals surface area contributed by atoms with Crippen LogP contribution in [0, 0.1) is 0 Å². The SMILES string of the molecule is CCN(CC)S(=O)(=O)c1ccc(N2CCCC2)c(C(=O)NCC(c2ccsc2)N(C)C)c1. The molecular formula is C23H34N4O3S2. The van der Waals surface area contributed by atoms with Crippen LogP contribution in [0.2, 0.25) is 0 Å². The predicted molar refractivity (Wildman–Crippen MR) is 131 cm³/mol. The summed E-state index contributed by atoms with van der Waals surface area (Å²) in [6, 6.07) is 7.08. The standard InChI is InChI=1S/C23H34N4O3S2/c1-5-27(6-2)32(29,30)19-9-10-21(26-12-7-8-13-26)20(15-19)23(28)24-16-22(25(3)4)18-11-14-31-17-18/h9-11,14-15,17,22H,5-8,12-13,16H2,1-4H3,(H,24,28). The van der Waals surface area contributed by atoms with E-state index in [1.165, 1.54) is 4.31 Å². The molecule has 0 bridgehead atoms. The summed E-state index contributed by atoms with van der Waals surface area (Å²) in [6.07, 6.45) is 2.14. The van der Waals surface area contributed by atoms with E-state index in [0.29, 0.717) is 25.2 Å². The number of thiophene rings is 1. The number of sulfonamides is 1. The molecule has 0 saturated carbocycles. The first-order chi connectivity index (χ1) is 15.3. The van der Waals surface area contributed by atoms with Crippen molar-refractivity contribution in [3.8, 4) is 0 Å². The number of nitrogens with zero attached hydrogens (tertiary/aromatic N) is 3. The van der Waals surface area contributed by atoms with E-state index in [9.17, 15) is 13.2 Å². The summed E-state index contributed by atoms with van der Waals surface area (Å²) < 4.78 is 27.6. The average Bonchev–Trinajstić information content (AvgIpc) is 3.48. The Labute approximate surface area is 196 Å². The number of benzene rings is 1. The predicted octanol–water partition coefficient (Wildman–Crippen LogP) is 3.41. The molecule has 1 aliphatic rings. The number of anilines is 1. The highest BCUT2D eigenvalue weighted by molar-refractivity contribution is 7.89. The summed E-state index contributed by atoms with van der Waals surface area (Å²) >= 11 is 1.63. The molecule has 0 radical (unpaired) electrons. The first-order valence-electron chi connectivity index (χ1n) is 11.2. The van der Waals surface area contributed by atoms with Gasteiger partial charge in [-0.05, 0) is 67.5 Å². The van der Waals surface area contributed by atoms with Crippen LogP contribution in [0.5, 0.6) is 0 Å². The summed E-state index contributed by atoms with van der Waals surface area (Å²) in [4.78, 5) is 17.8. The number of carbonyl (C=O) groups excluding carboxylic acids is 1. The third kappa shape index (κ3) is 5.33. The van der Waals surface area contributed by atoms with Gasteiger partial charge in [-0.3, -0.25) is 4.79 Å². The number of nitrogens with one attached hydrogen (secondary N) is 1. The van der Waals surface area contributed by atoms with Gasteiger partial charge in [-0.2, -0.15) is 15.6 Å². The molecule has 1 aromatic heterocycles. The lowest BCUT2D eigenvalue weighted by atomic mass is 10.1. The minimum Gasteiger partial charge on any atom is -0.371 e. The van der Waals surface area contributed by atoms with Crippen molar-refractivity contribution in [2.24, 2.45) is 0 Å². The van der Waals surface area contributed by atoms with Gasteiger partial charge in [0.05, 0.1) is 16.5 Å². The summed E-state index contributed by atoms with van der Waals surface area (Å²) in [5.74, 6) is -0.245. The van der Waals surface area contributed by atoms with Gasteiger partial charge >= 0.3 is 0 Å². The van der Waals surface area contributed by atoms with Crippen LogP contribution in [0.15, 0.2) is 39.9 Å². The monoisotopic (exact) mass is 478 g/mol. The Kier molecular flexibility index (Phi) is 8.32. The zero-order valence-corrected chi connectivity index (χ0v) is 21.0. The van der Waals surface area contributed by atoms with E-state index in [0.717, 1.165) is 37.2 Å². The van der Waals surface area contributed by atoms with E-state index >= 15 is 0 Å². The van der Waals surface area contributed by atoms with Crippen LogP contribution in [-0.2, 0) is 10.0 Å². The summed E-state index contributed by atoms with van der Waals surface area (Å²) in [5, 5.41) is 7.17. The van der Waals surface area contributed by atoms with E-state index < -0.39 is 10.0 Å². The zero-order valence-electron chi connectivity index (χ0n) is 19.4. The van der Waals surface area contributed by atoms with Crippen LogP contribution in [0.3, 0.4) is 0 Å². The Morgan fingerprint density at radius 1 is 1.16 bits per heavy atom. The Balaban J connectivity index is 1.92. The molecule has 2 aromatic rings. The molecule has 1 N–H and O–H groups in total. The average molecular weight is 479 g/mol. The van der Waals surface area contributed by atoms with Gasteiger partial charge in [0.15, 0.2) is 0 Å². The van der Waals surface area contributed by atoms with Gasteiger partial charge < -0.3 is 15.1 Å². The fourth-order valence-corrected chi connectivity index (χ4v) is 6.34. The first-order valence-corrected chi connectivity index (χ1v) is 13.5. The molecule has 7 nitrogen and oxygen atoms in total. The van der Waals surface area contributed by atoms with Gasteiger partial charge in [-0.1, -0.05) is 13.8 Å². The van der Waals surface area contributed by atoms with Crippen molar-refractivity contribution < 1.29 is 13.2 Å². The highest BCUT2D eigenvalue weighted by atomic mass is 32.2. The topological polar surface area (TPSA) is 73.0 Å². The lowest BCUT2D eigenvalue weighted by molar-refractivity contribution is 0.0942. The molecule has 1 fully saturated rings. The van der Waals surface area contributed by atoms with Crippen LogP contribution < -0.4 is 10.2 Å². The Bertz CT molecular complexity index is 996. The normalized spacial score (nSPS) is 15.5. The van der Waals surface area contributed by atoms with Crippen LogP contribution in [0.25, 0.3) is 0 Å². The van der Waals surface area contributed by atoms with Crippen molar-refractivity contribution in [3.63, 3.8) is 0 Å². The minimum absolute atomic E-state index is 0.0445. The third-order valence-corrected chi connectivity index (χ3v) is 8.76. The smallest absolute Gasteiger partial charge is 0.253 e. The van der Waals surface area contributed by atoms with Crippen LogP contribution in [0.1, 0.15) is 48.7 Å². The van der Waals surface area contributed by atoms with Crippen molar-refractivity contribution in [3.05, 3.63) is 46.2 Å². The summed E-state index contributed by atoms with van der Waals surface area (Å²) in [7, 11) is 0.325. The Morgan fingerprint density at radius 3 is 2.41 bits per heavy atom. The molecular weight excluding hydrogens is 444 g/mol. The van der Waals surface area contributed by atoms with Gasteiger partial charge in [0.25, 0.3) is 5.91 Å². The molecule has 32 heavy (non-hydrogen) atoms. The highest BCUT2D eigenvalue weighted by Gasteiger charge is 2.27. The number of hydrogen-bond acceptors (Lipinski definition) is 6. The molecule has 0 aliphatic carbocycles. The molecule has 1 aromatic carbocycles. The fourth-order valence-electron chi connectivity index (χ4n) is 4.15. The van der Waals surface area contributed by atoms with E-state index in [2.05, 4.69) is 26.6 Å². The van der Waals surface area contributed by atoms with Crippen LogP contribution in [0.4, 0.5) is 5.69 Å². The number of hydrogen-bond donors (Lipinski definition) is 1. The van der Waals surface area contributed by atoms with Gasteiger partial charge in [-0.15, -0.1) is 0 Å². The second-order valence-electron chi connectivity index (χ2n) is 8.21. The second kappa shape index (κ2) is 10.8. The van der Waals surface area contributed by atoms with Crippen molar-refractivity contribution in [1.82, 2.24) is 14.5 Å². The molecule has 1 atom stereocenters. The van der Waals surface area contributed by atoms with Gasteiger partial charge in [0, 0.05) is 38.4 Å². The van der Waals surface area contributed by atoms with Crippen molar-refractivity contribution in [2.45, 2.75) is 37.6 Å². The maximum absolute atomic E-state index is 13.3. The Hall–Kier alpha value is -1.94. The lowest BCUT2D eigenvalue weighted by Crippen LogP contribution is -2.35. The molecule has 3 rings (SSSR count). The number of likely N-dealkylation sites (N-methyl/N-ethyl adjacent to an activating group) is 1. The van der Waals surface area contributed by atoms with Crippen molar-refractivity contribution >= 4 is 33.0 Å². The molecule has 0 spiro atoms. The zero-order chi connectivity index (χ0) is 23.3. The number of carbonyl (C=O) groups is 1. The van der Waals surface area contributed by atoms with E-state index in [1.54, 1.807) is 29.5 Å². The molecule has 9 heteroatoms. The van der Waals surface area contributed by atoms with Crippen LogP contribution >= 0.6 is 11.3 Å². The van der Waals surface area contributed by atoms with E-state index in [-0.39, 0.29) is 16.8 Å². The van der Waals surface area contributed by atoms with Gasteiger partial charge in [-0.25, -0.2) is 8.42 Å². The molecule has 176 valence electrons. The van der Waals surface area contributed by atoms with Gasteiger partial charge in [0.2, 0.25) is 10.0 Å². The number of rotatable bonds is 10. The van der Waals surface area contributed by atoms with Crippen LogP contribution in [-0.4, -0.2) is 70.3 Å². The summed E-state index contributed by atoms with van der Waals surface area (Å²) in [6.45, 7) is 6.60. The maximum atomic E-state index is 13.3. The number of amides is 1. The molecule has 1 unspecified atom stereocenters. The molecule has 1 saturated heterocycles.